The van der Waals surface area contributed by atoms with Crippen LogP contribution >= 0.6 is 0 Å². The summed E-state index contributed by atoms with van der Waals surface area (Å²) in [5, 5.41) is 3.00. The molecule has 7 heteroatoms. The van der Waals surface area contributed by atoms with Crippen molar-refractivity contribution < 1.29 is 4.79 Å². The van der Waals surface area contributed by atoms with Gasteiger partial charge in [0.25, 0.3) is 5.91 Å². The first-order chi connectivity index (χ1) is 15.4. The molecule has 5 N–H and O–H groups in total. The molecular weight excluding hydrogens is 400 g/mol. The van der Waals surface area contributed by atoms with E-state index in [4.69, 9.17) is 11.5 Å². The van der Waals surface area contributed by atoms with E-state index < -0.39 is 0 Å². The zero-order valence-electron chi connectivity index (χ0n) is 20.5. The minimum Gasteiger partial charge on any atom is -0.384 e. The predicted molar refractivity (Wildman–Crippen MR) is 132 cm³/mol. The second kappa shape index (κ2) is 11.9. The second-order valence-electron chi connectivity index (χ2n) is 10.3. The van der Waals surface area contributed by atoms with Crippen LogP contribution in [0.25, 0.3) is 0 Å². The highest BCUT2D eigenvalue weighted by Gasteiger charge is 2.32. The lowest BCUT2D eigenvalue weighted by Gasteiger charge is -2.43. The maximum absolute atomic E-state index is 12.3. The summed E-state index contributed by atoms with van der Waals surface area (Å²) in [6.07, 6.45) is 14.8. The van der Waals surface area contributed by atoms with Crippen molar-refractivity contribution in [1.29, 1.82) is 0 Å². The van der Waals surface area contributed by atoms with Crippen LogP contribution in [0.3, 0.4) is 0 Å². The van der Waals surface area contributed by atoms with Crippen LogP contribution in [-0.2, 0) is 4.79 Å². The van der Waals surface area contributed by atoms with Crippen LogP contribution in [0.2, 0.25) is 0 Å². The molecule has 2 heterocycles. The number of carbonyl (C=O) groups is 1. The Bertz CT molecular complexity index is 647. The molecule has 3 fully saturated rings. The number of aliphatic imine (C=N–C) groups is 1. The number of hydrogen-bond acceptors (Lipinski definition) is 5. The number of likely N-dealkylation sites (tertiary alicyclic amines) is 2. The molecule has 0 bridgehead atoms. The van der Waals surface area contributed by atoms with Gasteiger partial charge in [0.2, 0.25) is 0 Å². The summed E-state index contributed by atoms with van der Waals surface area (Å²) in [7, 11) is 0. The van der Waals surface area contributed by atoms with Crippen molar-refractivity contribution in [2.75, 3.05) is 32.7 Å². The second-order valence-corrected chi connectivity index (χ2v) is 10.3. The molecule has 7 nitrogen and oxygen atoms in total. The molecule has 0 atom stereocenters. The number of piperidine rings is 2. The van der Waals surface area contributed by atoms with Crippen molar-refractivity contribution in [3.05, 3.63) is 12.0 Å². The zero-order chi connectivity index (χ0) is 23.0. The van der Waals surface area contributed by atoms with Crippen LogP contribution in [-0.4, -0.2) is 60.3 Å². The number of nitrogens with one attached hydrogen (secondary N) is 1. The molecule has 1 amide bonds. The van der Waals surface area contributed by atoms with Gasteiger partial charge in [0.1, 0.15) is 5.82 Å². The number of nitrogens with two attached hydrogens (primary N) is 2. The Hall–Kier alpha value is -1.76. The Balaban J connectivity index is 1.39. The average Bonchev–Trinajstić information content (AvgIpc) is 2.84. The first-order valence-electron chi connectivity index (χ1n) is 13.0. The largest absolute Gasteiger partial charge is 0.384 e. The van der Waals surface area contributed by atoms with Crippen LogP contribution in [0.4, 0.5) is 0 Å². The minimum absolute atomic E-state index is 0.00579. The van der Waals surface area contributed by atoms with E-state index in [-0.39, 0.29) is 17.8 Å². The highest BCUT2D eigenvalue weighted by Crippen LogP contribution is 2.38. The molecule has 3 aliphatic rings. The molecule has 2 saturated heterocycles. The van der Waals surface area contributed by atoms with E-state index in [2.05, 4.69) is 34.0 Å². The fraction of sp³-hybridized carbons (Fsp3) is 0.840. The summed E-state index contributed by atoms with van der Waals surface area (Å²) >= 11 is 0. The number of nitrogens with zero attached hydrogens (tertiary/aromatic N) is 3. The SMILES string of the molecule is CCC1(CC)CCN(CC2CCN(/C(N)=C/N=C(N)C(=O)NC3CCCCC3)CC2)CC1. The molecule has 182 valence electrons. The van der Waals surface area contributed by atoms with Gasteiger partial charge in [0, 0.05) is 25.7 Å². The smallest absolute Gasteiger partial charge is 0.286 e. The van der Waals surface area contributed by atoms with Gasteiger partial charge in [-0.25, -0.2) is 4.99 Å². The number of amides is 1. The number of rotatable bonds is 7. The van der Waals surface area contributed by atoms with Gasteiger partial charge in [-0.15, -0.1) is 0 Å². The summed E-state index contributed by atoms with van der Waals surface area (Å²) in [4.78, 5) is 21.3. The number of hydrogen-bond donors (Lipinski definition) is 3. The molecular formula is C25H46N6O. The van der Waals surface area contributed by atoms with E-state index in [0.717, 1.165) is 44.7 Å². The minimum atomic E-state index is -0.281. The van der Waals surface area contributed by atoms with Crippen molar-refractivity contribution >= 4 is 11.7 Å². The van der Waals surface area contributed by atoms with E-state index >= 15 is 0 Å². The molecule has 0 aromatic rings. The third kappa shape index (κ3) is 6.87. The Kier molecular flexibility index (Phi) is 9.26. The molecule has 0 radical (unpaired) electrons. The zero-order valence-corrected chi connectivity index (χ0v) is 20.5. The van der Waals surface area contributed by atoms with E-state index in [0.29, 0.717) is 11.2 Å². The quantitative estimate of drug-likeness (QED) is 0.412. The van der Waals surface area contributed by atoms with Crippen LogP contribution in [0.1, 0.15) is 84.5 Å². The Morgan fingerprint density at radius 3 is 2.22 bits per heavy atom. The van der Waals surface area contributed by atoms with Gasteiger partial charge in [-0.1, -0.05) is 46.0 Å². The summed E-state index contributed by atoms with van der Waals surface area (Å²) < 4.78 is 0. The third-order valence-corrected chi connectivity index (χ3v) is 8.42. The van der Waals surface area contributed by atoms with Crippen LogP contribution in [0.5, 0.6) is 0 Å². The molecule has 0 spiro atoms. The average molecular weight is 447 g/mol. The molecule has 0 aromatic heterocycles. The Labute approximate surface area is 195 Å². The van der Waals surface area contributed by atoms with Gasteiger partial charge in [-0.2, -0.15) is 0 Å². The normalized spacial score (nSPS) is 24.5. The molecule has 2 aliphatic heterocycles. The standard InChI is InChI=1S/C25H46N6O/c1-3-25(4-2)12-16-30(17-13-25)19-20-10-14-31(15-11-20)22(26)18-28-23(27)24(32)29-21-8-6-5-7-9-21/h18,20-21H,3-17,19,26H2,1-2H3,(H2,27,28)(H,29,32)/b22-18+. The van der Waals surface area contributed by atoms with E-state index in [9.17, 15) is 4.79 Å². The number of amidine groups is 1. The van der Waals surface area contributed by atoms with Crippen molar-refractivity contribution in [3.63, 3.8) is 0 Å². The predicted octanol–water partition coefficient (Wildman–Crippen LogP) is 3.16. The summed E-state index contributed by atoms with van der Waals surface area (Å²) in [6, 6.07) is 0.227. The molecule has 1 aliphatic carbocycles. The summed E-state index contributed by atoms with van der Waals surface area (Å²) in [5.41, 5.74) is 12.7. The van der Waals surface area contributed by atoms with Crippen molar-refractivity contribution in [2.24, 2.45) is 27.8 Å². The fourth-order valence-corrected chi connectivity index (χ4v) is 5.69. The maximum Gasteiger partial charge on any atom is 0.286 e. The highest BCUT2D eigenvalue weighted by atomic mass is 16.2. The van der Waals surface area contributed by atoms with Gasteiger partial charge in [0.05, 0.1) is 6.20 Å². The molecule has 0 aromatic carbocycles. The first-order valence-corrected chi connectivity index (χ1v) is 13.0. The van der Waals surface area contributed by atoms with Crippen LogP contribution in [0, 0.1) is 11.3 Å². The van der Waals surface area contributed by atoms with Gasteiger partial charge in [-0.05, 0) is 62.9 Å². The van der Waals surface area contributed by atoms with Crippen LogP contribution in [0.15, 0.2) is 17.0 Å². The van der Waals surface area contributed by atoms with Gasteiger partial charge in [-0.3, -0.25) is 4.79 Å². The molecule has 3 rings (SSSR count). The lowest BCUT2D eigenvalue weighted by molar-refractivity contribution is -0.115. The molecule has 0 unspecified atom stereocenters. The van der Waals surface area contributed by atoms with Crippen molar-refractivity contribution in [3.8, 4) is 0 Å². The molecule has 32 heavy (non-hydrogen) atoms. The van der Waals surface area contributed by atoms with Crippen molar-refractivity contribution in [1.82, 2.24) is 15.1 Å². The highest BCUT2D eigenvalue weighted by molar-refractivity contribution is 6.37. The maximum atomic E-state index is 12.3. The van der Waals surface area contributed by atoms with Gasteiger partial charge >= 0.3 is 0 Å². The topological polar surface area (TPSA) is 100.0 Å². The first kappa shape index (κ1) is 24.9. The monoisotopic (exact) mass is 446 g/mol. The third-order valence-electron chi connectivity index (χ3n) is 8.42. The van der Waals surface area contributed by atoms with Crippen molar-refractivity contribution in [2.45, 2.75) is 90.5 Å². The molecule has 1 saturated carbocycles. The summed E-state index contributed by atoms with van der Waals surface area (Å²) in [6.45, 7) is 10.3. The van der Waals surface area contributed by atoms with Gasteiger partial charge < -0.3 is 26.6 Å². The fourth-order valence-electron chi connectivity index (χ4n) is 5.69. The van der Waals surface area contributed by atoms with Gasteiger partial charge in [0.15, 0.2) is 5.84 Å². The lowest BCUT2D eigenvalue weighted by Crippen LogP contribution is -2.44. The number of carbonyl (C=O) groups excluding carboxylic acids is 1. The van der Waals surface area contributed by atoms with E-state index in [1.54, 1.807) is 6.20 Å². The Morgan fingerprint density at radius 2 is 1.62 bits per heavy atom. The summed E-state index contributed by atoms with van der Waals surface area (Å²) in [5.74, 6) is 1.06. The van der Waals surface area contributed by atoms with Crippen LogP contribution < -0.4 is 16.8 Å². The van der Waals surface area contributed by atoms with E-state index in [1.807, 2.05) is 0 Å². The Morgan fingerprint density at radius 1 is 1.00 bits per heavy atom. The van der Waals surface area contributed by atoms with E-state index in [1.165, 1.54) is 64.6 Å². The lowest BCUT2D eigenvalue weighted by atomic mass is 9.74.